The van der Waals surface area contributed by atoms with Crippen molar-refractivity contribution < 1.29 is 19.1 Å². The molecule has 0 radical (unpaired) electrons. The summed E-state index contributed by atoms with van der Waals surface area (Å²) in [5.74, 6) is 1.96. The van der Waals surface area contributed by atoms with Crippen molar-refractivity contribution in [3.05, 3.63) is 35.4 Å². The molecule has 1 aliphatic carbocycles. The maximum absolute atomic E-state index is 9.59. The number of aryl methyl sites for hydroxylation is 2. The van der Waals surface area contributed by atoms with Crippen LogP contribution in [-0.2, 0) is 19.1 Å². The van der Waals surface area contributed by atoms with Crippen LogP contribution in [-0.4, -0.2) is 33.1 Å². The summed E-state index contributed by atoms with van der Waals surface area (Å²) in [7, 11) is 4.60. The van der Waals surface area contributed by atoms with Gasteiger partial charge < -0.3 is 14.3 Å². The van der Waals surface area contributed by atoms with Gasteiger partial charge in [-0.05, 0) is 39.5 Å². The molecule has 4 heteroatoms. The zero-order valence-electron chi connectivity index (χ0n) is 19.9. The van der Waals surface area contributed by atoms with E-state index in [0.29, 0.717) is 0 Å². The van der Waals surface area contributed by atoms with Gasteiger partial charge in [-0.15, -0.1) is 0 Å². The molecule has 1 aromatic rings. The van der Waals surface area contributed by atoms with Gasteiger partial charge in [-0.1, -0.05) is 105 Å². The third-order valence-corrected chi connectivity index (χ3v) is 3.81. The summed E-state index contributed by atoms with van der Waals surface area (Å²) in [5, 5.41) is 0. The highest BCUT2D eigenvalue weighted by Gasteiger charge is 2.13. The van der Waals surface area contributed by atoms with Gasteiger partial charge >= 0.3 is 5.97 Å². The van der Waals surface area contributed by atoms with Crippen LogP contribution in [0.25, 0.3) is 0 Å². The van der Waals surface area contributed by atoms with E-state index < -0.39 is 0 Å². The van der Waals surface area contributed by atoms with E-state index in [-0.39, 0.29) is 41.5 Å². The second-order valence-corrected chi connectivity index (χ2v) is 7.53. The average molecular weight is 461 g/mol. The third-order valence-electron chi connectivity index (χ3n) is 3.81. The largest absolute Gasteiger partial charge is 0.469 e. The highest BCUT2D eigenvalue weighted by Crippen LogP contribution is 2.27. The molecule has 32 heavy (non-hydrogen) atoms. The molecule has 0 heterocycles. The van der Waals surface area contributed by atoms with Gasteiger partial charge in [0.25, 0.3) is 0 Å². The highest BCUT2D eigenvalue weighted by atomic mass is 16.5. The molecule has 0 aliphatic heterocycles. The Morgan fingerprint density at radius 1 is 0.688 bits per heavy atom. The number of hydrogen-bond donors (Lipinski definition) is 0. The molecule has 0 saturated heterocycles. The molecule has 0 atom stereocenters. The first-order valence-corrected chi connectivity index (χ1v) is 9.95. The van der Waals surface area contributed by atoms with Gasteiger partial charge in [-0.3, -0.25) is 4.79 Å². The molecule has 196 valence electrons. The Morgan fingerprint density at radius 3 is 0.969 bits per heavy atom. The summed E-state index contributed by atoms with van der Waals surface area (Å²) >= 11 is 0. The minimum absolute atomic E-state index is 0. The van der Waals surface area contributed by atoms with E-state index in [1.54, 1.807) is 14.2 Å². The first-order chi connectivity index (χ1) is 13.0. The lowest BCUT2D eigenvalue weighted by molar-refractivity contribution is -0.137. The van der Waals surface area contributed by atoms with Crippen molar-refractivity contribution in [3.63, 3.8) is 0 Å². The van der Waals surface area contributed by atoms with Gasteiger partial charge in [0.15, 0.2) is 0 Å². The summed E-state index contributed by atoms with van der Waals surface area (Å²) in [5.41, 5.74) is 2.66. The predicted molar refractivity (Wildman–Crippen MR) is 147 cm³/mol. The zero-order chi connectivity index (χ0) is 22.5. The Morgan fingerprint density at radius 2 is 0.844 bits per heavy atom. The molecule has 1 fully saturated rings. The zero-order valence-corrected chi connectivity index (χ0v) is 19.9. The molecule has 0 amide bonds. The lowest BCUT2D eigenvalue weighted by Crippen LogP contribution is -2.08. The lowest BCUT2D eigenvalue weighted by atomic mass is 9.84. The predicted octanol–water partition coefficient (Wildman–Crippen LogP) is 8.72. The second-order valence-electron chi connectivity index (χ2n) is 7.53. The van der Waals surface area contributed by atoms with Crippen molar-refractivity contribution in [3.8, 4) is 0 Å². The number of ketones is 1. The molecule has 0 aromatic heterocycles. The fourth-order valence-corrected chi connectivity index (χ4v) is 2.06. The Hall–Kier alpha value is -1.68. The van der Waals surface area contributed by atoms with Crippen LogP contribution in [0.2, 0.25) is 0 Å². The lowest BCUT2D eigenvalue weighted by Gasteiger charge is -2.22. The highest BCUT2D eigenvalue weighted by molar-refractivity contribution is 5.72. The van der Waals surface area contributed by atoms with E-state index in [0.717, 1.165) is 11.8 Å². The minimum Gasteiger partial charge on any atom is -0.469 e. The molecule has 1 aromatic carbocycles. The fraction of sp³-hybridized carbons (Fsp3) is 0.714. The quantitative estimate of drug-likeness (QED) is 0.363. The van der Waals surface area contributed by atoms with Crippen molar-refractivity contribution >= 4 is 11.8 Å². The second kappa shape index (κ2) is 33.9. The van der Waals surface area contributed by atoms with Crippen LogP contribution in [0.1, 0.15) is 101 Å². The van der Waals surface area contributed by atoms with Gasteiger partial charge in [0, 0.05) is 21.1 Å². The van der Waals surface area contributed by atoms with Crippen LogP contribution in [0.5, 0.6) is 0 Å². The van der Waals surface area contributed by atoms with E-state index in [2.05, 4.69) is 61.4 Å². The number of hydrogen-bond acceptors (Lipinski definition) is 4. The minimum atomic E-state index is -0.245. The number of ether oxygens (including phenoxy) is 2. The van der Waals surface area contributed by atoms with Crippen molar-refractivity contribution in [2.24, 2.45) is 11.8 Å². The van der Waals surface area contributed by atoms with E-state index in [9.17, 15) is 9.59 Å². The molecule has 1 saturated carbocycles. The van der Waals surface area contributed by atoms with Crippen LogP contribution >= 0.6 is 0 Å². The number of benzene rings is 1. The van der Waals surface area contributed by atoms with Crippen molar-refractivity contribution in [2.75, 3.05) is 21.3 Å². The Bertz CT molecular complexity index is 438. The summed E-state index contributed by atoms with van der Waals surface area (Å²) in [4.78, 5) is 19.0. The van der Waals surface area contributed by atoms with Crippen molar-refractivity contribution in [1.82, 2.24) is 0 Å². The Labute approximate surface area is 203 Å². The normalized spacial score (nSPS) is 14.7. The van der Waals surface area contributed by atoms with Gasteiger partial charge in [0.05, 0.1) is 7.11 Å². The van der Waals surface area contributed by atoms with Crippen molar-refractivity contribution in [1.29, 1.82) is 0 Å². The number of rotatable bonds is 0. The number of carbonyl (C=O) groups is 2. The van der Waals surface area contributed by atoms with E-state index in [1.807, 2.05) is 0 Å². The maximum Gasteiger partial charge on any atom is 0.302 e. The van der Waals surface area contributed by atoms with E-state index in [4.69, 9.17) is 0 Å². The number of esters is 1. The first-order valence-electron chi connectivity index (χ1n) is 9.95. The maximum atomic E-state index is 9.59. The number of Topliss-reactive ketones (excluding diaryl/α,β-unsaturated/α-hetero) is 1. The van der Waals surface area contributed by atoms with Gasteiger partial charge in [-0.25, -0.2) is 0 Å². The molecule has 4 nitrogen and oxygen atoms in total. The smallest absolute Gasteiger partial charge is 0.302 e. The summed E-state index contributed by atoms with van der Waals surface area (Å²) in [6, 6.07) is 8.48. The monoisotopic (exact) mass is 460 g/mol. The van der Waals surface area contributed by atoms with Crippen molar-refractivity contribution in [2.45, 2.75) is 104 Å². The van der Waals surface area contributed by atoms with Gasteiger partial charge in [-0.2, -0.15) is 0 Å². The first kappa shape index (κ1) is 47.9. The molecule has 1 aliphatic rings. The summed E-state index contributed by atoms with van der Waals surface area (Å²) in [6.07, 6.45) is 5.89. The third kappa shape index (κ3) is 51.2. The van der Waals surface area contributed by atoms with Crippen LogP contribution in [0.4, 0.5) is 0 Å². The molecule has 0 bridgehead atoms. The van der Waals surface area contributed by atoms with E-state index >= 15 is 0 Å². The van der Waals surface area contributed by atoms with Gasteiger partial charge in [0.2, 0.25) is 0 Å². The average Bonchev–Trinajstić information content (AvgIpc) is 2.61. The van der Waals surface area contributed by atoms with Crippen LogP contribution < -0.4 is 0 Å². The van der Waals surface area contributed by atoms with E-state index in [1.165, 1.54) is 64.7 Å². The standard InChI is InChI=1S/C8H16.C8H10.C3H6O2.C3H6O.C2H6O.4CH4/c2*1-7-3-5-8(2)6-4-7;1-3(4)5-2;1-3(2)4;1-3-2;;;;/h7-8H,3-6H2,1-2H3;3-6H,1-2H3;1-2H3;1-2H3;1-2H3;4*1H4. The fourth-order valence-electron chi connectivity index (χ4n) is 2.06. The van der Waals surface area contributed by atoms with Crippen LogP contribution in [0.3, 0.4) is 0 Å². The van der Waals surface area contributed by atoms with Gasteiger partial charge in [0.1, 0.15) is 5.78 Å². The topological polar surface area (TPSA) is 52.6 Å². The molecule has 0 N–H and O–H groups in total. The molecular formula is C28H60O4. The Kier molecular flexibility index (Phi) is 50.8. The molecule has 2 rings (SSSR count). The van der Waals surface area contributed by atoms with Crippen LogP contribution in [0, 0.1) is 25.7 Å². The molecule has 0 spiro atoms. The SMILES string of the molecule is C.C.C.C.CC(C)=O.CC1CCC(C)CC1.COC.COC(C)=O.Cc1ccc(C)cc1. The summed E-state index contributed by atoms with van der Waals surface area (Å²) < 4.78 is 8.36. The molecule has 0 unspecified atom stereocenters. The summed E-state index contributed by atoms with van der Waals surface area (Å²) in [6.45, 7) is 13.3. The molecular weight excluding hydrogens is 400 g/mol. The number of methoxy groups -OCH3 is 2. The Balaban J connectivity index is -0.0000000495. The number of carbonyl (C=O) groups excluding carboxylic acids is 2. The van der Waals surface area contributed by atoms with Crippen LogP contribution in [0.15, 0.2) is 24.3 Å².